The van der Waals surface area contributed by atoms with E-state index in [4.69, 9.17) is 9.41 Å². The van der Waals surface area contributed by atoms with Crippen LogP contribution in [0, 0.1) is 0 Å². The Kier molecular flexibility index (Phi) is 4.88. The van der Waals surface area contributed by atoms with Crippen molar-refractivity contribution in [2.75, 3.05) is 5.32 Å². The number of anilines is 1. The molecule has 2 N–H and O–H groups in total. The molecular formula is C28H20N4O2. The Morgan fingerprint density at radius 2 is 1.68 bits per heavy atom. The second-order valence-corrected chi connectivity index (χ2v) is 8.03. The molecule has 0 radical (unpaired) electrons. The number of hydrogen-bond acceptors (Lipinski definition) is 5. The largest absolute Gasteiger partial charge is 0.436 e. The van der Waals surface area contributed by atoms with Crippen molar-refractivity contribution in [1.29, 1.82) is 0 Å². The smallest absolute Gasteiger partial charge is 0.271 e. The molecule has 2 heterocycles. The minimum absolute atomic E-state index is 0.276. The second kappa shape index (κ2) is 8.33. The lowest BCUT2D eigenvalue weighted by Gasteiger charge is -2.18. The van der Waals surface area contributed by atoms with Crippen molar-refractivity contribution in [1.82, 2.24) is 5.43 Å². The summed E-state index contributed by atoms with van der Waals surface area (Å²) >= 11 is 0. The molecule has 0 spiro atoms. The van der Waals surface area contributed by atoms with E-state index in [1.165, 1.54) is 0 Å². The van der Waals surface area contributed by atoms with Crippen LogP contribution >= 0.6 is 0 Å². The van der Waals surface area contributed by atoms with Crippen LogP contribution in [-0.2, 0) is 6.54 Å². The molecule has 6 heteroatoms. The Bertz CT molecular complexity index is 1650. The monoisotopic (exact) mass is 444 g/mol. The summed E-state index contributed by atoms with van der Waals surface area (Å²) in [6.45, 7) is 0.544. The summed E-state index contributed by atoms with van der Waals surface area (Å²) < 4.78 is 6.23. The third-order valence-corrected chi connectivity index (χ3v) is 5.88. The van der Waals surface area contributed by atoms with Gasteiger partial charge in [0.2, 0.25) is 5.55 Å². The highest BCUT2D eigenvalue weighted by atomic mass is 16.3. The summed E-state index contributed by atoms with van der Waals surface area (Å²) in [5.41, 5.74) is 6.87. The van der Waals surface area contributed by atoms with Gasteiger partial charge in [-0.05, 0) is 46.7 Å². The van der Waals surface area contributed by atoms with E-state index in [2.05, 4.69) is 28.0 Å². The highest BCUT2D eigenvalue weighted by molar-refractivity contribution is 6.13. The first kappa shape index (κ1) is 19.9. The lowest BCUT2D eigenvalue weighted by Crippen LogP contribution is -2.28. The molecule has 0 atom stereocenters. The van der Waals surface area contributed by atoms with Crippen LogP contribution in [0.25, 0.3) is 21.7 Å². The lowest BCUT2D eigenvalue weighted by atomic mass is 10.0. The number of nitrogens with zero attached hydrogens (tertiary/aromatic N) is 2. The quantitative estimate of drug-likeness (QED) is 0.296. The van der Waals surface area contributed by atoms with Crippen LogP contribution < -0.4 is 16.3 Å². The van der Waals surface area contributed by atoms with Crippen LogP contribution in [0.15, 0.2) is 112 Å². The van der Waals surface area contributed by atoms with E-state index in [0.717, 1.165) is 27.4 Å². The molecule has 0 saturated heterocycles. The number of hydrogen-bond donors (Lipinski definition) is 2. The van der Waals surface area contributed by atoms with Crippen LogP contribution in [0.4, 0.5) is 5.69 Å². The van der Waals surface area contributed by atoms with Gasteiger partial charge in [-0.3, -0.25) is 9.79 Å². The van der Waals surface area contributed by atoms with E-state index >= 15 is 0 Å². The number of para-hydroxylation sites is 1. The van der Waals surface area contributed by atoms with Gasteiger partial charge in [0, 0.05) is 16.6 Å². The molecule has 0 aliphatic carbocycles. The summed E-state index contributed by atoms with van der Waals surface area (Å²) in [4.78, 5) is 17.4. The van der Waals surface area contributed by atoms with Crippen LogP contribution in [-0.4, -0.2) is 11.7 Å². The van der Waals surface area contributed by atoms with Gasteiger partial charge in [-0.2, -0.15) is 0 Å². The van der Waals surface area contributed by atoms with Gasteiger partial charge in [0.1, 0.15) is 11.4 Å². The molecule has 1 amide bonds. The Morgan fingerprint density at radius 1 is 0.882 bits per heavy atom. The normalized spacial score (nSPS) is 13.3. The molecule has 164 valence electrons. The SMILES string of the molecule is O=C(N/N=c1/oc2ccc3ccccc3c2cc1C1=NCc2ccccc2N1)c1ccccc1. The highest BCUT2D eigenvalue weighted by Gasteiger charge is 2.17. The van der Waals surface area contributed by atoms with Gasteiger partial charge in [0.25, 0.3) is 5.91 Å². The Hall–Kier alpha value is -4.71. The summed E-state index contributed by atoms with van der Waals surface area (Å²) in [5.74, 6) is 0.328. The van der Waals surface area contributed by atoms with Crippen molar-refractivity contribution in [2.24, 2.45) is 10.1 Å². The first-order valence-electron chi connectivity index (χ1n) is 11.0. The van der Waals surface area contributed by atoms with Crippen LogP contribution in [0.1, 0.15) is 21.5 Å². The average Bonchev–Trinajstić information content (AvgIpc) is 2.91. The fraction of sp³-hybridized carbons (Fsp3) is 0.0357. The molecule has 34 heavy (non-hydrogen) atoms. The van der Waals surface area contributed by atoms with E-state index < -0.39 is 0 Å². The molecule has 1 aliphatic rings. The molecule has 1 aromatic heterocycles. The first-order valence-corrected chi connectivity index (χ1v) is 11.0. The van der Waals surface area contributed by atoms with Gasteiger partial charge in [-0.25, -0.2) is 5.43 Å². The maximum Gasteiger partial charge on any atom is 0.271 e. The van der Waals surface area contributed by atoms with E-state index in [1.807, 2.05) is 72.8 Å². The highest BCUT2D eigenvalue weighted by Crippen LogP contribution is 2.27. The zero-order valence-electron chi connectivity index (χ0n) is 18.2. The molecular weight excluding hydrogens is 424 g/mol. The topological polar surface area (TPSA) is 79.0 Å². The van der Waals surface area contributed by atoms with Gasteiger partial charge in [-0.1, -0.05) is 66.7 Å². The first-order chi connectivity index (χ1) is 16.8. The molecule has 0 unspecified atom stereocenters. The van der Waals surface area contributed by atoms with Crippen molar-refractivity contribution < 1.29 is 9.21 Å². The number of amides is 1. The van der Waals surface area contributed by atoms with Gasteiger partial charge < -0.3 is 9.73 Å². The van der Waals surface area contributed by atoms with E-state index in [9.17, 15) is 4.79 Å². The fourth-order valence-corrected chi connectivity index (χ4v) is 4.15. The number of rotatable bonds is 3. The summed E-state index contributed by atoms with van der Waals surface area (Å²) in [6.07, 6.45) is 0. The van der Waals surface area contributed by atoms with Crippen molar-refractivity contribution >= 4 is 39.2 Å². The van der Waals surface area contributed by atoms with Crippen molar-refractivity contribution in [3.8, 4) is 0 Å². The zero-order chi connectivity index (χ0) is 22.9. The average molecular weight is 444 g/mol. The van der Waals surface area contributed by atoms with E-state index in [-0.39, 0.29) is 11.5 Å². The minimum atomic E-state index is -0.316. The number of fused-ring (bicyclic) bond motifs is 4. The lowest BCUT2D eigenvalue weighted by molar-refractivity contribution is 0.0951. The predicted molar refractivity (Wildman–Crippen MR) is 133 cm³/mol. The van der Waals surface area contributed by atoms with Gasteiger partial charge in [0.05, 0.1) is 12.1 Å². The maximum absolute atomic E-state index is 12.6. The van der Waals surface area contributed by atoms with Gasteiger partial charge >= 0.3 is 0 Å². The predicted octanol–water partition coefficient (Wildman–Crippen LogP) is 5.20. The Morgan fingerprint density at radius 3 is 2.59 bits per heavy atom. The van der Waals surface area contributed by atoms with Crippen molar-refractivity contribution in [3.63, 3.8) is 0 Å². The molecule has 0 bridgehead atoms. The molecule has 5 aromatic rings. The van der Waals surface area contributed by atoms with Crippen LogP contribution in [0.3, 0.4) is 0 Å². The number of carbonyl (C=O) groups excluding carboxylic acids is 1. The van der Waals surface area contributed by atoms with E-state index in [0.29, 0.717) is 29.1 Å². The zero-order valence-corrected chi connectivity index (χ0v) is 18.2. The molecule has 0 saturated carbocycles. The van der Waals surface area contributed by atoms with Crippen molar-refractivity contribution in [2.45, 2.75) is 6.54 Å². The second-order valence-electron chi connectivity index (χ2n) is 8.03. The number of aliphatic imine (C=N–C) groups is 1. The van der Waals surface area contributed by atoms with Crippen LogP contribution in [0.2, 0.25) is 0 Å². The minimum Gasteiger partial charge on any atom is -0.436 e. The van der Waals surface area contributed by atoms with Gasteiger partial charge in [0.15, 0.2) is 0 Å². The maximum atomic E-state index is 12.6. The summed E-state index contributed by atoms with van der Waals surface area (Å²) in [7, 11) is 0. The van der Waals surface area contributed by atoms with Crippen molar-refractivity contribution in [3.05, 3.63) is 119 Å². The number of amidine groups is 1. The molecule has 1 aliphatic heterocycles. The van der Waals surface area contributed by atoms with Crippen LogP contribution in [0.5, 0.6) is 0 Å². The third-order valence-electron chi connectivity index (χ3n) is 5.88. The molecule has 6 rings (SSSR count). The summed E-state index contributed by atoms with van der Waals surface area (Å²) in [5, 5.41) is 10.9. The van der Waals surface area contributed by atoms with Gasteiger partial charge in [-0.15, -0.1) is 5.10 Å². The molecule has 6 nitrogen and oxygen atoms in total. The Balaban J connectivity index is 1.51. The number of benzene rings is 4. The standard InChI is InChI=1S/C28H20N4O2/c33-27(19-9-2-1-3-10-19)31-32-28-23(26-29-17-20-11-5-7-13-24(20)30-26)16-22-21-12-6-4-8-18(21)14-15-25(22)34-28/h1-16H,17H2,(H,29,30)(H,31,33)/b32-28+. The van der Waals surface area contributed by atoms with E-state index in [1.54, 1.807) is 12.1 Å². The fourth-order valence-electron chi connectivity index (χ4n) is 4.15. The third kappa shape index (κ3) is 3.61. The molecule has 0 fully saturated rings. The molecule has 4 aromatic carbocycles. The Labute approximate surface area is 195 Å². The number of nitrogens with one attached hydrogen (secondary N) is 2. The summed E-state index contributed by atoms with van der Waals surface area (Å²) in [6, 6.07) is 31.1. The number of carbonyl (C=O) groups is 1.